The van der Waals surface area contributed by atoms with Gasteiger partial charge in [0.15, 0.2) is 11.6 Å². The molecule has 106 valence electrons. The summed E-state index contributed by atoms with van der Waals surface area (Å²) < 4.78 is 26.2. The number of benzene rings is 1. The third-order valence-corrected chi connectivity index (χ3v) is 4.37. The van der Waals surface area contributed by atoms with Gasteiger partial charge in [0, 0.05) is 12.1 Å². The van der Waals surface area contributed by atoms with Crippen molar-refractivity contribution in [3.8, 4) is 0 Å². The summed E-state index contributed by atoms with van der Waals surface area (Å²) in [6.07, 6.45) is 3.69. The van der Waals surface area contributed by atoms with E-state index in [0.717, 1.165) is 17.9 Å². The van der Waals surface area contributed by atoms with Gasteiger partial charge >= 0.3 is 0 Å². The summed E-state index contributed by atoms with van der Waals surface area (Å²) in [5.74, 6) is -0.165. The largest absolute Gasteiger partial charge is 0.307 e. The van der Waals surface area contributed by atoms with Crippen molar-refractivity contribution in [2.24, 2.45) is 11.8 Å². The van der Waals surface area contributed by atoms with Gasteiger partial charge in [-0.15, -0.1) is 0 Å². The molecular weight excluding hydrogens is 244 g/mol. The molecule has 1 aliphatic rings. The van der Waals surface area contributed by atoms with Crippen molar-refractivity contribution < 1.29 is 8.78 Å². The molecule has 0 radical (unpaired) electrons. The lowest BCUT2D eigenvalue weighted by Crippen LogP contribution is -2.40. The predicted octanol–water partition coefficient (Wildman–Crippen LogP) is 4.44. The van der Waals surface area contributed by atoms with Crippen LogP contribution in [0.3, 0.4) is 0 Å². The number of hydrogen-bond donors (Lipinski definition) is 1. The fraction of sp³-hybridized carbons (Fsp3) is 0.625. The van der Waals surface area contributed by atoms with Gasteiger partial charge in [-0.2, -0.15) is 0 Å². The first-order valence-corrected chi connectivity index (χ1v) is 7.18. The summed E-state index contributed by atoms with van der Waals surface area (Å²) in [5.41, 5.74) is 0.810. The van der Waals surface area contributed by atoms with Crippen LogP contribution >= 0.6 is 0 Å². The monoisotopic (exact) mass is 267 g/mol. The second-order valence-corrected chi connectivity index (χ2v) is 6.06. The molecule has 1 nitrogen and oxygen atoms in total. The van der Waals surface area contributed by atoms with Crippen LogP contribution in [0.1, 0.15) is 51.6 Å². The Labute approximate surface area is 114 Å². The molecule has 3 heteroatoms. The van der Waals surface area contributed by atoms with Crippen molar-refractivity contribution in [1.29, 1.82) is 0 Å². The standard InChI is InChI=1S/C16H23F2N/c1-10-4-5-11(2)16(8-10)19-12(3)13-6-7-14(17)15(18)9-13/h6-7,9-12,16,19H,4-5,8H2,1-3H3. The highest BCUT2D eigenvalue weighted by atomic mass is 19.2. The Hall–Kier alpha value is -0.960. The van der Waals surface area contributed by atoms with Crippen LogP contribution in [0.4, 0.5) is 8.78 Å². The summed E-state index contributed by atoms with van der Waals surface area (Å²) >= 11 is 0. The average molecular weight is 267 g/mol. The first kappa shape index (κ1) is 14.4. The summed E-state index contributed by atoms with van der Waals surface area (Å²) in [4.78, 5) is 0. The van der Waals surface area contributed by atoms with E-state index in [9.17, 15) is 8.78 Å². The van der Waals surface area contributed by atoms with Gasteiger partial charge in [0.25, 0.3) is 0 Å². The van der Waals surface area contributed by atoms with Gasteiger partial charge in [-0.25, -0.2) is 8.78 Å². The molecule has 1 fully saturated rings. The van der Waals surface area contributed by atoms with E-state index in [1.165, 1.54) is 25.0 Å². The number of hydrogen-bond acceptors (Lipinski definition) is 1. The van der Waals surface area contributed by atoms with Gasteiger partial charge in [0.2, 0.25) is 0 Å². The van der Waals surface area contributed by atoms with Crippen molar-refractivity contribution >= 4 is 0 Å². The van der Waals surface area contributed by atoms with Crippen LogP contribution < -0.4 is 5.32 Å². The molecule has 2 rings (SSSR count). The maximum absolute atomic E-state index is 13.3. The van der Waals surface area contributed by atoms with E-state index in [1.54, 1.807) is 6.07 Å². The lowest BCUT2D eigenvalue weighted by atomic mass is 9.79. The Morgan fingerprint density at radius 2 is 1.89 bits per heavy atom. The topological polar surface area (TPSA) is 12.0 Å². The molecule has 0 spiro atoms. The van der Waals surface area contributed by atoms with E-state index in [0.29, 0.717) is 12.0 Å². The molecule has 0 bridgehead atoms. The van der Waals surface area contributed by atoms with E-state index < -0.39 is 11.6 Å². The zero-order valence-electron chi connectivity index (χ0n) is 11.9. The Morgan fingerprint density at radius 3 is 2.58 bits per heavy atom. The molecule has 19 heavy (non-hydrogen) atoms. The van der Waals surface area contributed by atoms with E-state index in [-0.39, 0.29) is 6.04 Å². The molecule has 0 aliphatic heterocycles. The van der Waals surface area contributed by atoms with Gasteiger partial charge in [0.1, 0.15) is 0 Å². The highest BCUT2D eigenvalue weighted by Gasteiger charge is 2.26. The van der Waals surface area contributed by atoms with E-state index in [1.807, 2.05) is 6.92 Å². The van der Waals surface area contributed by atoms with E-state index in [4.69, 9.17) is 0 Å². The van der Waals surface area contributed by atoms with Crippen LogP contribution in [0.15, 0.2) is 18.2 Å². The number of halogens is 2. The minimum atomic E-state index is -0.782. The summed E-state index contributed by atoms with van der Waals surface area (Å²) in [5, 5.41) is 3.57. The highest BCUT2D eigenvalue weighted by Crippen LogP contribution is 2.30. The second-order valence-electron chi connectivity index (χ2n) is 6.06. The smallest absolute Gasteiger partial charge is 0.159 e. The predicted molar refractivity (Wildman–Crippen MR) is 73.9 cm³/mol. The Morgan fingerprint density at radius 1 is 1.16 bits per heavy atom. The first-order valence-electron chi connectivity index (χ1n) is 7.18. The molecule has 0 aromatic heterocycles. The van der Waals surface area contributed by atoms with Gasteiger partial charge in [-0.05, 0) is 49.3 Å². The fourth-order valence-corrected chi connectivity index (χ4v) is 2.96. The summed E-state index contributed by atoms with van der Waals surface area (Å²) in [6, 6.07) is 4.67. The molecule has 1 N–H and O–H groups in total. The molecule has 4 unspecified atom stereocenters. The van der Waals surface area contributed by atoms with Crippen LogP contribution in [0.2, 0.25) is 0 Å². The Kier molecular flexibility index (Phi) is 4.56. The molecule has 1 aromatic carbocycles. The molecular formula is C16H23F2N. The summed E-state index contributed by atoms with van der Waals surface area (Å²) in [6.45, 7) is 6.56. The SMILES string of the molecule is CC1CCC(C)C(NC(C)c2ccc(F)c(F)c2)C1. The lowest BCUT2D eigenvalue weighted by Gasteiger charge is -2.35. The Balaban J connectivity index is 2.03. The van der Waals surface area contributed by atoms with Crippen LogP contribution in [-0.4, -0.2) is 6.04 Å². The van der Waals surface area contributed by atoms with Crippen molar-refractivity contribution in [1.82, 2.24) is 5.32 Å². The zero-order chi connectivity index (χ0) is 14.0. The lowest BCUT2D eigenvalue weighted by molar-refractivity contribution is 0.216. The number of nitrogens with one attached hydrogen (secondary N) is 1. The van der Waals surface area contributed by atoms with Crippen LogP contribution in [0, 0.1) is 23.5 Å². The minimum Gasteiger partial charge on any atom is -0.307 e. The second kappa shape index (κ2) is 6.00. The maximum Gasteiger partial charge on any atom is 0.159 e. The minimum absolute atomic E-state index is 0.0489. The van der Waals surface area contributed by atoms with Gasteiger partial charge in [-0.1, -0.05) is 26.3 Å². The maximum atomic E-state index is 13.3. The fourth-order valence-electron chi connectivity index (χ4n) is 2.96. The highest BCUT2D eigenvalue weighted by molar-refractivity contribution is 5.21. The van der Waals surface area contributed by atoms with Crippen molar-refractivity contribution in [2.45, 2.75) is 52.1 Å². The summed E-state index contributed by atoms with van der Waals surface area (Å²) in [7, 11) is 0. The van der Waals surface area contributed by atoms with Crippen LogP contribution in [0.25, 0.3) is 0 Å². The van der Waals surface area contributed by atoms with Gasteiger partial charge in [0.05, 0.1) is 0 Å². The molecule has 0 saturated heterocycles. The first-order chi connectivity index (χ1) is 8.97. The normalized spacial score (nSPS) is 29.2. The quantitative estimate of drug-likeness (QED) is 0.853. The molecule has 1 saturated carbocycles. The molecule has 1 aliphatic carbocycles. The molecule has 1 aromatic rings. The van der Waals surface area contributed by atoms with Crippen molar-refractivity contribution in [2.75, 3.05) is 0 Å². The molecule has 4 atom stereocenters. The average Bonchev–Trinajstić information content (AvgIpc) is 2.37. The van der Waals surface area contributed by atoms with Crippen LogP contribution in [0.5, 0.6) is 0 Å². The third-order valence-electron chi connectivity index (χ3n) is 4.37. The van der Waals surface area contributed by atoms with E-state index >= 15 is 0 Å². The van der Waals surface area contributed by atoms with E-state index in [2.05, 4.69) is 19.2 Å². The molecule has 0 heterocycles. The third kappa shape index (κ3) is 3.53. The molecule has 0 amide bonds. The zero-order valence-corrected chi connectivity index (χ0v) is 11.9. The van der Waals surface area contributed by atoms with Crippen molar-refractivity contribution in [3.63, 3.8) is 0 Å². The van der Waals surface area contributed by atoms with Crippen molar-refractivity contribution in [3.05, 3.63) is 35.4 Å². The van der Waals surface area contributed by atoms with Gasteiger partial charge in [-0.3, -0.25) is 0 Å². The van der Waals surface area contributed by atoms with Gasteiger partial charge < -0.3 is 5.32 Å². The number of rotatable bonds is 3. The van der Waals surface area contributed by atoms with Crippen LogP contribution in [-0.2, 0) is 0 Å². The Bertz CT molecular complexity index is 433.